The Bertz CT molecular complexity index is 283. The van der Waals surface area contributed by atoms with Crippen molar-refractivity contribution in [1.82, 2.24) is 5.32 Å². The Labute approximate surface area is 107 Å². The molecule has 3 unspecified atom stereocenters. The van der Waals surface area contributed by atoms with Gasteiger partial charge in [0.1, 0.15) is 0 Å². The summed E-state index contributed by atoms with van der Waals surface area (Å²) in [6, 6.07) is 0. The third-order valence-corrected chi connectivity index (χ3v) is 4.45. The second-order valence-electron chi connectivity index (χ2n) is 4.67. The molecule has 1 amide bonds. The predicted octanol–water partition coefficient (Wildman–Crippen LogP) is 1.75. The SMILES string of the molecule is CSC(C)CCNC(=O)C1CCC(C(=O)O)C1. The highest BCUT2D eigenvalue weighted by atomic mass is 32.2. The van der Waals surface area contributed by atoms with E-state index in [-0.39, 0.29) is 17.7 Å². The normalized spacial score (nSPS) is 25.5. The van der Waals surface area contributed by atoms with E-state index >= 15 is 0 Å². The molecule has 0 saturated heterocycles. The molecule has 0 heterocycles. The zero-order valence-electron chi connectivity index (χ0n) is 10.4. The fraction of sp³-hybridized carbons (Fsp3) is 0.833. The summed E-state index contributed by atoms with van der Waals surface area (Å²) in [5, 5.41) is 12.3. The lowest BCUT2D eigenvalue weighted by Gasteiger charge is -2.12. The number of hydrogen-bond donors (Lipinski definition) is 2. The van der Waals surface area contributed by atoms with Crippen LogP contribution >= 0.6 is 11.8 Å². The lowest BCUT2D eigenvalue weighted by atomic mass is 10.0. The lowest BCUT2D eigenvalue weighted by Crippen LogP contribution is -2.31. The molecule has 5 heteroatoms. The molecule has 0 aliphatic heterocycles. The van der Waals surface area contributed by atoms with Gasteiger partial charge in [-0.15, -0.1) is 0 Å². The first-order valence-electron chi connectivity index (χ1n) is 6.08. The number of amides is 1. The highest BCUT2D eigenvalue weighted by Crippen LogP contribution is 2.31. The molecule has 4 nitrogen and oxygen atoms in total. The third kappa shape index (κ3) is 4.58. The molecule has 17 heavy (non-hydrogen) atoms. The number of carbonyl (C=O) groups excluding carboxylic acids is 1. The number of rotatable bonds is 6. The van der Waals surface area contributed by atoms with E-state index in [1.54, 1.807) is 11.8 Å². The van der Waals surface area contributed by atoms with Crippen LogP contribution in [0.3, 0.4) is 0 Å². The van der Waals surface area contributed by atoms with Gasteiger partial charge in [-0.05, 0) is 31.9 Å². The largest absolute Gasteiger partial charge is 0.481 e. The van der Waals surface area contributed by atoms with Crippen LogP contribution in [0.2, 0.25) is 0 Å². The van der Waals surface area contributed by atoms with E-state index in [0.29, 0.717) is 31.1 Å². The van der Waals surface area contributed by atoms with Gasteiger partial charge in [0.15, 0.2) is 0 Å². The van der Waals surface area contributed by atoms with Crippen LogP contribution in [-0.2, 0) is 9.59 Å². The topological polar surface area (TPSA) is 66.4 Å². The highest BCUT2D eigenvalue weighted by molar-refractivity contribution is 7.99. The number of aliphatic carboxylic acids is 1. The number of carboxylic acids is 1. The van der Waals surface area contributed by atoms with E-state index in [1.165, 1.54) is 0 Å². The van der Waals surface area contributed by atoms with Crippen molar-refractivity contribution < 1.29 is 14.7 Å². The van der Waals surface area contributed by atoms with Crippen LogP contribution in [0.25, 0.3) is 0 Å². The van der Waals surface area contributed by atoms with Crippen LogP contribution in [0, 0.1) is 11.8 Å². The predicted molar refractivity (Wildman–Crippen MR) is 69.1 cm³/mol. The van der Waals surface area contributed by atoms with Crippen molar-refractivity contribution in [2.75, 3.05) is 12.8 Å². The van der Waals surface area contributed by atoms with Crippen molar-refractivity contribution in [1.29, 1.82) is 0 Å². The monoisotopic (exact) mass is 259 g/mol. The molecule has 2 N–H and O–H groups in total. The Balaban J connectivity index is 2.23. The number of thioether (sulfide) groups is 1. The molecule has 0 radical (unpaired) electrons. The minimum Gasteiger partial charge on any atom is -0.481 e. The summed E-state index contributed by atoms with van der Waals surface area (Å²) in [5.41, 5.74) is 0. The Morgan fingerprint density at radius 2 is 2.06 bits per heavy atom. The van der Waals surface area contributed by atoms with Crippen LogP contribution in [0.5, 0.6) is 0 Å². The second-order valence-corrected chi connectivity index (χ2v) is 5.95. The van der Waals surface area contributed by atoms with Crippen molar-refractivity contribution in [3.05, 3.63) is 0 Å². The van der Waals surface area contributed by atoms with E-state index in [9.17, 15) is 9.59 Å². The summed E-state index contributed by atoms with van der Waals surface area (Å²) in [6.07, 6.45) is 4.86. The van der Waals surface area contributed by atoms with E-state index in [1.807, 2.05) is 0 Å². The van der Waals surface area contributed by atoms with Gasteiger partial charge in [-0.2, -0.15) is 11.8 Å². The molecule has 3 atom stereocenters. The van der Waals surface area contributed by atoms with Crippen LogP contribution in [0.4, 0.5) is 0 Å². The summed E-state index contributed by atoms with van der Waals surface area (Å²) in [4.78, 5) is 22.5. The Hall–Kier alpha value is -0.710. The van der Waals surface area contributed by atoms with Crippen molar-refractivity contribution >= 4 is 23.6 Å². The molecule has 0 spiro atoms. The fourth-order valence-electron chi connectivity index (χ4n) is 2.10. The van der Waals surface area contributed by atoms with Crippen molar-refractivity contribution in [3.63, 3.8) is 0 Å². The van der Waals surface area contributed by atoms with E-state index in [4.69, 9.17) is 5.11 Å². The molecule has 1 rings (SSSR count). The Morgan fingerprint density at radius 1 is 1.41 bits per heavy atom. The van der Waals surface area contributed by atoms with Gasteiger partial charge in [0.25, 0.3) is 0 Å². The summed E-state index contributed by atoms with van der Waals surface area (Å²) in [6.45, 7) is 2.82. The number of carboxylic acid groups (broad SMARTS) is 1. The quantitative estimate of drug-likeness (QED) is 0.762. The highest BCUT2D eigenvalue weighted by Gasteiger charge is 2.33. The van der Waals surface area contributed by atoms with Crippen LogP contribution in [0.1, 0.15) is 32.6 Å². The van der Waals surface area contributed by atoms with Crippen LogP contribution < -0.4 is 5.32 Å². The second kappa shape index (κ2) is 6.89. The number of nitrogens with one attached hydrogen (secondary N) is 1. The molecule has 0 aromatic carbocycles. The van der Waals surface area contributed by atoms with E-state index in [0.717, 1.165) is 6.42 Å². The van der Waals surface area contributed by atoms with E-state index in [2.05, 4.69) is 18.5 Å². The van der Waals surface area contributed by atoms with Gasteiger partial charge in [0.2, 0.25) is 5.91 Å². The van der Waals surface area contributed by atoms with Crippen molar-refractivity contribution in [2.24, 2.45) is 11.8 Å². The zero-order chi connectivity index (χ0) is 12.8. The maximum atomic E-state index is 11.8. The first-order valence-corrected chi connectivity index (χ1v) is 7.36. The summed E-state index contributed by atoms with van der Waals surface area (Å²) >= 11 is 1.78. The lowest BCUT2D eigenvalue weighted by molar-refractivity contribution is -0.141. The van der Waals surface area contributed by atoms with Gasteiger partial charge in [0.05, 0.1) is 5.92 Å². The molecule has 0 aromatic rings. The standard InChI is InChI=1S/C12H21NO3S/c1-8(17-2)5-6-13-11(14)9-3-4-10(7-9)12(15)16/h8-10H,3-7H2,1-2H3,(H,13,14)(H,15,16). The molecular weight excluding hydrogens is 238 g/mol. The van der Waals surface area contributed by atoms with Crippen LogP contribution in [-0.4, -0.2) is 35.0 Å². The first kappa shape index (κ1) is 14.4. The molecule has 1 aliphatic rings. The third-order valence-electron chi connectivity index (χ3n) is 3.41. The van der Waals surface area contributed by atoms with E-state index < -0.39 is 5.97 Å². The minimum atomic E-state index is -0.767. The number of carbonyl (C=O) groups is 2. The molecular formula is C12H21NO3S. The smallest absolute Gasteiger partial charge is 0.306 e. The molecule has 1 aliphatic carbocycles. The fourth-order valence-corrected chi connectivity index (χ4v) is 2.46. The van der Waals surface area contributed by atoms with Gasteiger partial charge < -0.3 is 10.4 Å². The van der Waals surface area contributed by atoms with Gasteiger partial charge in [-0.1, -0.05) is 6.92 Å². The summed E-state index contributed by atoms with van der Waals surface area (Å²) < 4.78 is 0. The average Bonchev–Trinajstić information content (AvgIpc) is 2.78. The molecule has 0 bridgehead atoms. The maximum absolute atomic E-state index is 11.8. The zero-order valence-corrected chi connectivity index (χ0v) is 11.3. The average molecular weight is 259 g/mol. The van der Waals surface area contributed by atoms with Gasteiger partial charge in [-0.25, -0.2) is 0 Å². The number of hydrogen-bond acceptors (Lipinski definition) is 3. The molecule has 1 fully saturated rings. The maximum Gasteiger partial charge on any atom is 0.306 e. The molecule has 1 saturated carbocycles. The summed E-state index contributed by atoms with van der Waals surface area (Å²) in [5.74, 6) is -1.16. The van der Waals surface area contributed by atoms with Gasteiger partial charge in [-0.3, -0.25) is 9.59 Å². The minimum absolute atomic E-state index is 0.0297. The van der Waals surface area contributed by atoms with Crippen LogP contribution in [0.15, 0.2) is 0 Å². The van der Waals surface area contributed by atoms with Gasteiger partial charge >= 0.3 is 5.97 Å². The molecule has 0 aromatic heterocycles. The first-order chi connectivity index (χ1) is 8.04. The van der Waals surface area contributed by atoms with Gasteiger partial charge in [0, 0.05) is 17.7 Å². The van der Waals surface area contributed by atoms with Crippen molar-refractivity contribution in [2.45, 2.75) is 37.9 Å². The molecule has 98 valence electrons. The Kier molecular flexibility index (Phi) is 5.82. The van der Waals surface area contributed by atoms with Crippen molar-refractivity contribution in [3.8, 4) is 0 Å². The summed E-state index contributed by atoms with van der Waals surface area (Å²) in [7, 11) is 0. The Morgan fingerprint density at radius 3 is 2.59 bits per heavy atom.